The third kappa shape index (κ3) is 4.22. The van der Waals surface area contributed by atoms with Gasteiger partial charge in [-0.1, -0.05) is 12.1 Å². The van der Waals surface area contributed by atoms with Crippen LogP contribution in [0.5, 0.6) is 5.75 Å². The Labute approximate surface area is 116 Å². The molecule has 1 aliphatic rings. The average Bonchev–Trinajstić information content (AvgIpc) is 2.42. The third-order valence-corrected chi connectivity index (χ3v) is 3.96. The zero-order valence-electron chi connectivity index (χ0n) is 12.0. The SMILES string of the molecule is CCOc1ccc(CN(C)C2CCC(O)CC2)cc1. The van der Waals surface area contributed by atoms with Crippen molar-refractivity contribution in [3.63, 3.8) is 0 Å². The molecule has 19 heavy (non-hydrogen) atoms. The van der Waals surface area contributed by atoms with Gasteiger partial charge in [-0.2, -0.15) is 0 Å². The van der Waals surface area contributed by atoms with Crippen LogP contribution in [0, 0.1) is 0 Å². The molecule has 2 rings (SSSR count). The maximum atomic E-state index is 9.55. The molecule has 0 bridgehead atoms. The second-order valence-corrected chi connectivity index (χ2v) is 5.45. The standard InChI is InChI=1S/C16H25NO2/c1-3-19-16-10-4-13(5-11-16)12-17(2)14-6-8-15(18)9-7-14/h4-5,10-11,14-15,18H,3,6-9,12H2,1-2H3. The Balaban J connectivity index is 1.86. The molecule has 106 valence electrons. The molecule has 1 N–H and O–H groups in total. The van der Waals surface area contributed by atoms with Crippen molar-refractivity contribution in [3.05, 3.63) is 29.8 Å². The Morgan fingerprint density at radius 1 is 1.16 bits per heavy atom. The van der Waals surface area contributed by atoms with Gasteiger partial charge in [0, 0.05) is 12.6 Å². The largest absolute Gasteiger partial charge is 0.494 e. The minimum absolute atomic E-state index is 0.0740. The first-order valence-electron chi connectivity index (χ1n) is 7.29. The summed E-state index contributed by atoms with van der Waals surface area (Å²) in [5.74, 6) is 0.940. The van der Waals surface area contributed by atoms with Gasteiger partial charge >= 0.3 is 0 Å². The van der Waals surface area contributed by atoms with Gasteiger partial charge < -0.3 is 9.84 Å². The van der Waals surface area contributed by atoms with Crippen LogP contribution in [0.25, 0.3) is 0 Å². The Morgan fingerprint density at radius 3 is 2.37 bits per heavy atom. The molecule has 1 saturated carbocycles. The van der Waals surface area contributed by atoms with Gasteiger partial charge in [-0.25, -0.2) is 0 Å². The van der Waals surface area contributed by atoms with Crippen LogP contribution in [0.15, 0.2) is 24.3 Å². The predicted octanol–water partition coefficient (Wildman–Crippen LogP) is 2.82. The van der Waals surface area contributed by atoms with Crippen molar-refractivity contribution in [2.45, 2.75) is 51.3 Å². The summed E-state index contributed by atoms with van der Waals surface area (Å²) in [5.41, 5.74) is 1.32. The molecule has 0 aliphatic heterocycles. The second kappa shape index (κ2) is 6.92. The van der Waals surface area contributed by atoms with Gasteiger partial charge in [-0.15, -0.1) is 0 Å². The highest BCUT2D eigenvalue weighted by Crippen LogP contribution is 2.23. The van der Waals surface area contributed by atoms with Gasteiger partial charge in [-0.05, 0) is 57.4 Å². The summed E-state index contributed by atoms with van der Waals surface area (Å²) in [7, 11) is 2.18. The van der Waals surface area contributed by atoms with Crippen LogP contribution in [0.2, 0.25) is 0 Å². The molecule has 1 aliphatic carbocycles. The lowest BCUT2D eigenvalue weighted by atomic mass is 9.92. The second-order valence-electron chi connectivity index (χ2n) is 5.45. The molecule has 0 heterocycles. The molecular formula is C16H25NO2. The first-order valence-corrected chi connectivity index (χ1v) is 7.29. The number of hydrogen-bond donors (Lipinski definition) is 1. The monoisotopic (exact) mass is 263 g/mol. The molecule has 0 aromatic heterocycles. The number of rotatable bonds is 5. The number of benzene rings is 1. The van der Waals surface area contributed by atoms with Gasteiger partial charge in [-0.3, -0.25) is 4.90 Å². The highest BCUT2D eigenvalue weighted by Gasteiger charge is 2.22. The van der Waals surface area contributed by atoms with E-state index in [-0.39, 0.29) is 6.10 Å². The van der Waals surface area contributed by atoms with Crippen LogP contribution >= 0.6 is 0 Å². The molecule has 0 amide bonds. The van der Waals surface area contributed by atoms with Crippen molar-refractivity contribution in [3.8, 4) is 5.75 Å². The molecular weight excluding hydrogens is 238 g/mol. The summed E-state index contributed by atoms with van der Waals surface area (Å²) in [6.45, 7) is 3.68. The van der Waals surface area contributed by atoms with E-state index in [1.54, 1.807) is 0 Å². The van der Waals surface area contributed by atoms with Crippen molar-refractivity contribution >= 4 is 0 Å². The molecule has 1 aromatic carbocycles. The predicted molar refractivity (Wildman–Crippen MR) is 77.3 cm³/mol. The van der Waals surface area contributed by atoms with Gasteiger partial charge in [0.15, 0.2) is 0 Å². The molecule has 0 atom stereocenters. The number of aliphatic hydroxyl groups excluding tert-OH is 1. The molecule has 0 saturated heterocycles. The minimum atomic E-state index is -0.0740. The molecule has 3 nitrogen and oxygen atoms in total. The van der Waals surface area contributed by atoms with Crippen LogP contribution in [-0.4, -0.2) is 35.8 Å². The molecule has 0 radical (unpaired) electrons. The van der Waals surface area contributed by atoms with Crippen molar-refractivity contribution in [1.82, 2.24) is 4.90 Å². The Hall–Kier alpha value is -1.06. The maximum Gasteiger partial charge on any atom is 0.119 e. The fraction of sp³-hybridized carbons (Fsp3) is 0.625. The van der Waals surface area contributed by atoms with E-state index in [1.165, 1.54) is 5.56 Å². The maximum absolute atomic E-state index is 9.55. The number of ether oxygens (including phenoxy) is 1. The fourth-order valence-electron chi connectivity index (χ4n) is 2.77. The minimum Gasteiger partial charge on any atom is -0.494 e. The smallest absolute Gasteiger partial charge is 0.119 e. The number of nitrogens with zero attached hydrogens (tertiary/aromatic N) is 1. The zero-order valence-corrected chi connectivity index (χ0v) is 12.0. The summed E-state index contributed by atoms with van der Waals surface area (Å²) in [6, 6.07) is 8.96. The summed E-state index contributed by atoms with van der Waals surface area (Å²) in [5, 5.41) is 9.55. The number of hydrogen-bond acceptors (Lipinski definition) is 3. The van der Waals surface area contributed by atoms with E-state index in [4.69, 9.17) is 4.74 Å². The highest BCUT2D eigenvalue weighted by molar-refractivity contribution is 5.27. The first kappa shape index (κ1) is 14.4. The van der Waals surface area contributed by atoms with Crippen LogP contribution in [-0.2, 0) is 6.54 Å². The Morgan fingerprint density at radius 2 is 1.79 bits per heavy atom. The van der Waals surface area contributed by atoms with Crippen molar-refractivity contribution in [2.75, 3.05) is 13.7 Å². The van der Waals surface area contributed by atoms with Crippen LogP contribution in [0.1, 0.15) is 38.2 Å². The average molecular weight is 263 g/mol. The van der Waals surface area contributed by atoms with E-state index in [9.17, 15) is 5.11 Å². The Kier molecular flexibility index (Phi) is 5.23. The number of aliphatic hydroxyl groups is 1. The van der Waals surface area contributed by atoms with Crippen molar-refractivity contribution < 1.29 is 9.84 Å². The van der Waals surface area contributed by atoms with Crippen LogP contribution in [0.4, 0.5) is 0 Å². The lowest BCUT2D eigenvalue weighted by Crippen LogP contribution is -2.35. The molecule has 0 spiro atoms. The zero-order chi connectivity index (χ0) is 13.7. The van der Waals surface area contributed by atoms with E-state index in [1.807, 2.05) is 19.1 Å². The molecule has 3 heteroatoms. The summed E-state index contributed by atoms with van der Waals surface area (Å²) in [4.78, 5) is 2.40. The molecule has 1 fully saturated rings. The Bertz CT molecular complexity index is 369. The van der Waals surface area contributed by atoms with Gasteiger partial charge in [0.1, 0.15) is 5.75 Å². The van der Waals surface area contributed by atoms with E-state index in [2.05, 4.69) is 24.1 Å². The summed E-state index contributed by atoms with van der Waals surface area (Å²) in [6.07, 6.45) is 4.02. The lowest BCUT2D eigenvalue weighted by molar-refractivity contribution is 0.0818. The van der Waals surface area contributed by atoms with Crippen molar-refractivity contribution in [1.29, 1.82) is 0 Å². The quantitative estimate of drug-likeness (QED) is 0.886. The van der Waals surface area contributed by atoms with E-state index >= 15 is 0 Å². The third-order valence-electron chi connectivity index (χ3n) is 3.96. The fourth-order valence-corrected chi connectivity index (χ4v) is 2.77. The van der Waals surface area contributed by atoms with Gasteiger partial charge in [0.2, 0.25) is 0 Å². The van der Waals surface area contributed by atoms with Crippen molar-refractivity contribution in [2.24, 2.45) is 0 Å². The van der Waals surface area contributed by atoms with E-state index in [0.29, 0.717) is 12.6 Å². The summed E-state index contributed by atoms with van der Waals surface area (Å²) < 4.78 is 5.45. The van der Waals surface area contributed by atoms with Gasteiger partial charge in [0.05, 0.1) is 12.7 Å². The van der Waals surface area contributed by atoms with Crippen LogP contribution < -0.4 is 4.74 Å². The van der Waals surface area contributed by atoms with E-state index in [0.717, 1.165) is 38.0 Å². The molecule has 0 unspecified atom stereocenters. The first-order chi connectivity index (χ1) is 9.19. The normalized spacial score (nSPS) is 23.6. The highest BCUT2D eigenvalue weighted by atomic mass is 16.5. The van der Waals surface area contributed by atoms with E-state index < -0.39 is 0 Å². The van der Waals surface area contributed by atoms with Crippen LogP contribution in [0.3, 0.4) is 0 Å². The van der Waals surface area contributed by atoms with Gasteiger partial charge in [0.25, 0.3) is 0 Å². The topological polar surface area (TPSA) is 32.7 Å². The summed E-state index contributed by atoms with van der Waals surface area (Å²) >= 11 is 0. The lowest BCUT2D eigenvalue weighted by Gasteiger charge is -2.33. The molecule has 1 aromatic rings.